The van der Waals surface area contributed by atoms with Crippen molar-refractivity contribution in [3.8, 4) is 0 Å². The molecule has 0 unspecified atom stereocenters. The molecule has 1 amide bonds. The molecule has 3 rings (SSSR count). The van der Waals surface area contributed by atoms with E-state index < -0.39 is 0 Å². The van der Waals surface area contributed by atoms with Gasteiger partial charge in [0.2, 0.25) is 0 Å². The maximum atomic E-state index is 11.8. The van der Waals surface area contributed by atoms with Crippen LogP contribution in [0.1, 0.15) is 15.9 Å². The molecule has 0 spiro atoms. The van der Waals surface area contributed by atoms with E-state index in [-0.39, 0.29) is 5.91 Å². The Morgan fingerprint density at radius 3 is 3.00 bits per heavy atom. The van der Waals surface area contributed by atoms with E-state index in [2.05, 4.69) is 25.5 Å². The van der Waals surface area contributed by atoms with Crippen molar-refractivity contribution in [2.75, 3.05) is 0 Å². The molecule has 2 N–H and O–H groups in total. The zero-order chi connectivity index (χ0) is 13.8. The van der Waals surface area contributed by atoms with E-state index in [4.69, 9.17) is 0 Å². The Morgan fingerprint density at radius 1 is 1.30 bits per heavy atom. The van der Waals surface area contributed by atoms with E-state index in [9.17, 15) is 4.79 Å². The quantitative estimate of drug-likeness (QED) is 0.558. The first kappa shape index (κ1) is 12.0. The molecule has 0 aliphatic heterocycles. The van der Waals surface area contributed by atoms with Crippen LogP contribution in [-0.4, -0.2) is 27.1 Å². The second kappa shape index (κ2) is 5.31. The smallest absolute Gasteiger partial charge is 0.271 e. The van der Waals surface area contributed by atoms with Gasteiger partial charge in [0, 0.05) is 28.9 Å². The van der Waals surface area contributed by atoms with E-state index >= 15 is 0 Å². The van der Waals surface area contributed by atoms with Gasteiger partial charge in [0.05, 0.1) is 6.21 Å². The number of aromatic amines is 1. The monoisotopic (exact) mass is 265 g/mol. The van der Waals surface area contributed by atoms with Crippen molar-refractivity contribution < 1.29 is 4.79 Å². The van der Waals surface area contributed by atoms with E-state index in [1.165, 1.54) is 6.33 Å². The molecule has 20 heavy (non-hydrogen) atoms. The number of benzene rings is 1. The van der Waals surface area contributed by atoms with Crippen LogP contribution in [0.4, 0.5) is 0 Å². The number of fused-ring (bicyclic) bond motifs is 1. The van der Waals surface area contributed by atoms with Crippen molar-refractivity contribution in [2.24, 2.45) is 5.10 Å². The van der Waals surface area contributed by atoms with Crippen LogP contribution in [-0.2, 0) is 0 Å². The molecule has 2 heterocycles. The highest BCUT2D eigenvalue weighted by atomic mass is 16.2. The first-order valence-electron chi connectivity index (χ1n) is 6.00. The largest absolute Gasteiger partial charge is 0.345 e. The van der Waals surface area contributed by atoms with Crippen LogP contribution >= 0.6 is 0 Å². The Balaban J connectivity index is 1.74. The molecule has 0 saturated carbocycles. The van der Waals surface area contributed by atoms with E-state index in [0.717, 1.165) is 16.6 Å². The minimum atomic E-state index is -0.252. The van der Waals surface area contributed by atoms with Crippen LogP contribution < -0.4 is 5.43 Å². The SMILES string of the molecule is O=C(N/N=C/c1c[nH]c2ncncc12)c1ccccc1. The summed E-state index contributed by atoms with van der Waals surface area (Å²) >= 11 is 0. The molecular weight excluding hydrogens is 254 g/mol. The summed E-state index contributed by atoms with van der Waals surface area (Å²) in [5.41, 5.74) is 4.59. The second-order valence-electron chi connectivity index (χ2n) is 4.09. The molecule has 2 aromatic heterocycles. The molecule has 1 aromatic carbocycles. The van der Waals surface area contributed by atoms with Gasteiger partial charge in [-0.05, 0) is 12.1 Å². The number of nitrogens with zero attached hydrogens (tertiary/aromatic N) is 3. The Bertz CT molecular complexity index is 763. The molecule has 6 heteroatoms. The van der Waals surface area contributed by atoms with Crippen LogP contribution in [0.3, 0.4) is 0 Å². The summed E-state index contributed by atoms with van der Waals surface area (Å²) < 4.78 is 0. The first-order valence-corrected chi connectivity index (χ1v) is 6.00. The molecule has 0 aliphatic rings. The van der Waals surface area contributed by atoms with Gasteiger partial charge in [0.15, 0.2) is 0 Å². The Kier molecular flexibility index (Phi) is 3.20. The number of carbonyl (C=O) groups is 1. The van der Waals surface area contributed by atoms with Gasteiger partial charge in [0.1, 0.15) is 12.0 Å². The fourth-order valence-corrected chi connectivity index (χ4v) is 1.80. The lowest BCUT2D eigenvalue weighted by Gasteiger charge is -1.98. The number of carbonyl (C=O) groups excluding carboxylic acids is 1. The average molecular weight is 265 g/mol. The van der Waals surface area contributed by atoms with Crippen molar-refractivity contribution in [3.63, 3.8) is 0 Å². The predicted octanol–water partition coefficient (Wildman–Crippen LogP) is 1.72. The summed E-state index contributed by atoms with van der Waals surface area (Å²) in [5.74, 6) is -0.252. The molecular formula is C14H11N5O. The standard InChI is InChI=1S/C14H11N5O/c20-14(10-4-2-1-3-5-10)19-18-7-11-6-16-13-12(11)8-15-9-17-13/h1-9H,(H,19,20)(H,15,16,17)/b18-7+. The molecule has 0 fully saturated rings. The topological polar surface area (TPSA) is 83.0 Å². The van der Waals surface area contributed by atoms with Gasteiger partial charge in [-0.1, -0.05) is 18.2 Å². The third-order valence-corrected chi connectivity index (χ3v) is 2.79. The Hall–Kier alpha value is -3.02. The van der Waals surface area contributed by atoms with Gasteiger partial charge in [-0.2, -0.15) is 5.10 Å². The summed E-state index contributed by atoms with van der Waals surface area (Å²) in [6.45, 7) is 0. The molecule has 0 radical (unpaired) electrons. The van der Waals surface area contributed by atoms with Gasteiger partial charge < -0.3 is 4.98 Å². The van der Waals surface area contributed by atoms with Crippen LogP contribution in [0, 0.1) is 0 Å². The van der Waals surface area contributed by atoms with Gasteiger partial charge in [0.25, 0.3) is 5.91 Å². The van der Waals surface area contributed by atoms with Gasteiger partial charge >= 0.3 is 0 Å². The fourth-order valence-electron chi connectivity index (χ4n) is 1.80. The molecule has 98 valence electrons. The lowest BCUT2D eigenvalue weighted by Crippen LogP contribution is -2.17. The Morgan fingerprint density at radius 2 is 2.15 bits per heavy atom. The molecule has 3 aromatic rings. The molecule has 0 saturated heterocycles. The molecule has 6 nitrogen and oxygen atoms in total. The predicted molar refractivity (Wildman–Crippen MR) is 75.4 cm³/mol. The summed E-state index contributed by atoms with van der Waals surface area (Å²) in [6.07, 6.45) is 6.48. The third kappa shape index (κ3) is 2.39. The highest BCUT2D eigenvalue weighted by Crippen LogP contribution is 2.11. The van der Waals surface area contributed by atoms with E-state index in [1.807, 2.05) is 6.07 Å². The van der Waals surface area contributed by atoms with Crippen LogP contribution in [0.25, 0.3) is 11.0 Å². The number of amides is 1. The van der Waals surface area contributed by atoms with Crippen molar-refractivity contribution in [1.82, 2.24) is 20.4 Å². The number of hydrazone groups is 1. The highest BCUT2D eigenvalue weighted by molar-refractivity contribution is 5.98. The third-order valence-electron chi connectivity index (χ3n) is 2.79. The summed E-state index contributed by atoms with van der Waals surface area (Å²) in [4.78, 5) is 22.8. The lowest BCUT2D eigenvalue weighted by atomic mass is 10.2. The number of hydrogen-bond donors (Lipinski definition) is 2. The summed E-state index contributed by atoms with van der Waals surface area (Å²) in [7, 11) is 0. The van der Waals surface area contributed by atoms with Gasteiger partial charge in [-0.15, -0.1) is 0 Å². The zero-order valence-electron chi connectivity index (χ0n) is 10.4. The number of hydrogen-bond acceptors (Lipinski definition) is 4. The number of rotatable bonds is 3. The highest BCUT2D eigenvalue weighted by Gasteiger charge is 2.03. The van der Waals surface area contributed by atoms with Gasteiger partial charge in [-0.25, -0.2) is 15.4 Å². The Labute approximate surface area is 114 Å². The van der Waals surface area contributed by atoms with Crippen molar-refractivity contribution in [1.29, 1.82) is 0 Å². The van der Waals surface area contributed by atoms with E-state index in [1.54, 1.807) is 42.9 Å². The van der Waals surface area contributed by atoms with Crippen LogP contribution in [0.5, 0.6) is 0 Å². The molecule has 0 aliphatic carbocycles. The van der Waals surface area contributed by atoms with Crippen molar-refractivity contribution in [3.05, 3.63) is 60.2 Å². The number of nitrogens with one attached hydrogen (secondary N) is 2. The number of H-pyrrole nitrogens is 1. The average Bonchev–Trinajstić information content (AvgIpc) is 2.92. The summed E-state index contributed by atoms with van der Waals surface area (Å²) in [5, 5.41) is 4.79. The van der Waals surface area contributed by atoms with E-state index in [0.29, 0.717) is 5.56 Å². The fraction of sp³-hybridized carbons (Fsp3) is 0. The first-order chi connectivity index (χ1) is 9.84. The van der Waals surface area contributed by atoms with Crippen molar-refractivity contribution in [2.45, 2.75) is 0 Å². The number of aromatic nitrogens is 3. The minimum Gasteiger partial charge on any atom is -0.345 e. The van der Waals surface area contributed by atoms with Crippen molar-refractivity contribution >= 4 is 23.2 Å². The maximum absolute atomic E-state index is 11.8. The van der Waals surface area contributed by atoms with Crippen LogP contribution in [0.2, 0.25) is 0 Å². The molecule has 0 bridgehead atoms. The second-order valence-corrected chi connectivity index (χ2v) is 4.09. The van der Waals surface area contributed by atoms with Crippen LogP contribution in [0.15, 0.2) is 54.2 Å². The minimum absolute atomic E-state index is 0.252. The normalized spacial score (nSPS) is 11.0. The molecule has 0 atom stereocenters. The van der Waals surface area contributed by atoms with Gasteiger partial charge in [-0.3, -0.25) is 4.79 Å². The zero-order valence-corrected chi connectivity index (χ0v) is 10.4. The maximum Gasteiger partial charge on any atom is 0.271 e. The lowest BCUT2D eigenvalue weighted by molar-refractivity contribution is 0.0955. The summed E-state index contributed by atoms with van der Waals surface area (Å²) in [6, 6.07) is 8.91.